The predicted molar refractivity (Wildman–Crippen MR) is 55.0 cm³/mol. The highest BCUT2D eigenvalue weighted by Gasteiger charge is 2.34. The average molecular weight is 177 g/mol. The van der Waals surface area contributed by atoms with Crippen molar-refractivity contribution in [3.63, 3.8) is 0 Å². The highest BCUT2D eigenvalue weighted by atomic mass is 14.4. The van der Waals surface area contributed by atoms with Crippen molar-refractivity contribution in [2.45, 2.75) is 40.0 Å². The third-order valence-corrected chi connectivity index (χ3v) is 3.37. The van der Waals surface area contributed by atoms with Gasteiger partial charge in [-0.25, -0.2) is 0 Å². The molecule has 0 aromatic heterocycles. The van der Waals surface area contributed by atoms with Crippen LogP contribution in [0.5, 0.6) is 0 Å². The normalized spacial score (nSPS) is 33.1. The number of hydrogen-bond donors (Lipinski definition) is 0. The van der Waals surface area contributed by atoms with E-state index in [1.165, 1.54) is 19.3 Å². The second kappa shape index (κ2) is 3.96. The molecule has 2 unspecified atom stereocenters. The summed E-state index contributed by atoms with van der Waals surface area (Å²) in [5.74, 6) is 1.31. The molecule has 1 aliphatic rings. The fraction of sp³-hybridized carbons (Fsp3) is 0.750. The first kappa shape index (κ1) is 10.3. The third kappa shape index (κ3) is 2.34. The van der Waals surface area contributed by atoms with Gasteiger partial charge in [-0.05, 0) is 23.7 Å². The lowest BCUT2D eigenvalue weighted by atomic mass is 9.64. The molecule has 1 saturated carbocycles. The summed E-state index contributed by atoms with van der Waals surface area (Å²) in [7, 11) is 0. The van der Waals surface area contributed by atoms with Gasteiger partial charge in [0.15, 0.2) is 0 Å². The van der Waals surface area contributed by atoms with Gasteiger partial charge in [0.05, 0.1) is 6.07 Å². The molecule has 0 radical (unpaired) electrons. The molecule has 1 rings (SSSR count). The Kier molecular flexibility index (Phi) is 3.14. The predicted octanol–water partition coefficient (Wildman–Crippen LogP) is 3.53. The molecule has 0 N–H and O–H groups in total. The fourth-order valence-electron chi connectivity index (χ4n) is 2.59. The molecule has 0 aromatic carbocycles. The van der Waals surface area contributed by atoms with E-state index in [0.717, 1.165) is 5.92 Å². The first-order chi connectivity index (χ1) is 6.08. The van der Waals surface area contributed by atoms with E-state index in [1.807, 2.05) is 0 Å². The molecule has 1 fully saturated rings. The van der Waals surface area contributed by atoms with Gasteiger partial charge < -0.3 is 0 Å². The van der Waals surface area contributed by atoms with Gasteiger partial charge in [-0.15, -0.1) is 0 Å². The maximum atomic E-state index is 8.52. The summed E-state index contributed by atoms with van der Waals surface area (Å²) in [5.41, 5.74) is 0.380. The van der Waals surface area contributed by atoms with E-state index in [1.54, 1.807) is 6.08 Å². The first-order valence-corrected chi connectivity index (χ1v) is 5.14. The molecule has 1 heteroatoms. The van der Waals surface area contributed by atoms with Crippen molar-refractivity contribution in [2.24, 2.45) is 17.3 Å². The van der Waals surface area contributed by atoms with Crippen LogP contribution < -0.4 is 0 Å². The number of rotatable bonds is 1. The van der Waals surface area contributed by atoms with Gasteiger partial charge >= 0.3 is 0 Å². The Bertz CT molecular complexity index is 232. The van der Waals surface area contributed by atoms with Crippen LogP contribution in [-0.4, -0.2) is 0 Å². The first-order valence-electron chi connectivity index (χ1n) is 5.14. The Hall–Kier alpha value is -0.770. The van der Waals surface area contributed by atoms with Crippen molar-refractivity contribution in [3.05, 3.63) is 12.2 Å². The van der Waals surface area contributed by atoms with Crippen LogP contribution in [0.25, 0.3) is 0 Å². The summed E-state index contributed by atoms with van der Waals surface area (Å²) >= 11 is 0. The molecule has 0 spiro atoms. The standard InChI is InChI=1S/C12H19N/c1-10-6-4-8-12(2,3)11(10)7-5-9-13/h5,7,10-11H,4,6,8H2,1-3H3. The van der Waals surface area contributed by atoms with Crippen LogP contribution in [0.3, 0.4) is 0 Å². The second-order valence-electron chi connectivity index (χ2n) is 4.87. The number of nitriles is 1. The minimum Gasteiger partial charge on any atom is -0.193 e. The van der Waals surface area contributed by atoms with E-state index >= 15 is 0 Å². The van der Waals surface area contributed by atoms with Gasteiger partial charge in [-0.1, -0.05) is 39.7 Å². The Balaban J connectivity index is 2.76. The minimum atomic E-state index is 0.380. The molecule has 0 aliphatic heterocycles. The maximum absolute atomic E-state index is 8.52. The zero-order chi connectivity index (χ0) is 9.90. The Morgan fingerprint density at radius 2 is 2.15 bits per heavy atom. The minimum absolute atomic E-state index is 0.380. The molecule has 1 nitrogen and oxygen atoms in total. The average Bonchev–Trinajstić information content (AvgIpc) is 2.02. The topological polar surface area (TPSA) is 23.8 Å². The smallest absolute Gasteiger partial charge is 0.0908 e. The molecule has 0 aromatic rings. The molecular formula is C12H19N. The van der Waals surface area contributed by atoms with Crippen molar-refractivity contribution in [3.8, 4) is 6.07 Å². The summed E-state index contributed by atoms with van der Waals surface area (Å²) in [5, 5.41) is 8.52. The molecule has 72 valence electrons. The van der Waals surface area contributed by atoms with Crippen LogP contribution in [0.15, 0.2) is 12.2 Å². The SMILES string of the molecule is CC1CCCC(C)(C)C1C=CC#N. The summed E-state index contributed by atoms with van der Waals surface area (Å²) < 4.78 is 0. The van der Waals surface area contributed by atoms with E-state index in [9.17, 15) is 0 Å². The molecule has 1 aliphatic carbocycles. The summed E-state index contributed by atoms with van der Waals surface area (Å²) in [6, 6.07) is 2.09. The number of hydrogen-bond acceptors (Lipinski definition) is 1. The molecule has 0 saturated heterocycles. The molecule has 0 bridgehead atoms. The van der Waals surface area contributed by atoms with Crippen LogP contribution in [0.1, 0.15) is 40.0 Å². The Labute approximate surface area is 81.5 Å². The number of nitrogens with zero attached hydrogens (tertiary/aromatic N) is 1. The van der Waals surface area contributed by atoms with E-state index in [4.69, 9.17) is 5.26 Å². The highest BCUT2D eigenvalue weighted by molar-refractivity contribution is 5.08. The van der Waals surface area contributed by atoms with Gasteiger partial charge in [0.25, 0.3) is 0 Å². The Morgan fingerprint density at radius 1 is 1.46 bits per heavy atom. The van der Waals surface area contributed by atoms with Gasteiger partial charge in [-0.3, -0.25) is 0 Å². The van der Waals surface area contributed by atoms with Gasteiger partial charge in [0.2, 0.25) is 0 Å². The molecule has 2 atom stereocenters. The Morgan fingerprint density at radius 3 is 2.69 bits per heavy atom. The van der Waals surface area contributed by atoms with Crippen molar-refractivity contribution in [2.75, 3.05) is 0 Å². The maximum Gasteiger partial charge on any atom is 0.0908 e. The molecular weight excluding hydrogens is 158 g/mol. The van der Waals surface area contributed by atoms with Crippen molar-refractivity contribution >= 4 is 0 Å². The van der Waals surface area contributed by atoms with Crippen molar-refractivity contribution in [1.82, 2.24) is 0 Å². The van der Waals surface area contributed by atoms with Gasteiger partial charge in [-0.2, -0.15) is 5.26 Å². The zero-order valence-corrected chi connectivity index (χ0v) is 8.88. The fourth-order valence-corrected chi connectivity index (χ4v) is 2.59. The summed E-state index contributed by atoms with van der Waals surface area (Å²) in [6.45, 7) is 6.93. The summed E-state index contributed by atoms with van der Waals surface area (Å²) in [6.07, 6.45) is 7.69. The molecule has 0 heterocycles. The lowest BCUT2D eigenvalue weighted by Gasteiger charge is -2.41. The van der Waals surface area contributed by atoms with E-state index in [2.05, 4.69) is 32.9 Å². The molecule has 13 heavy (non-hydrogen) atoms. The monoisotopic (exact) mass is 177 g/mol. The van der Waals surface area contributed by atoms with Crippen molar-refractivity contribution < 1.29 is 0 Å². The van der Waals surface area contributed by atoms with E-state index < -0.39 is 0 Å². The van der Waals surface area contributed by atoms with Crippen LogP contribution in [0.2, 0.25) is 0 Å². The molecule has 0 amide bonds. The van der Waals surface area contributed by atoms with Crippen molar-refractivity contribution in [1.29, 1.82) is 5.26 Å². The highest BCUT2D eigenvalue weighted by Crippen LogP contribution is 2.44. The van der Waals surface area contributed by atoms with Crippen LogP contribution in [0.4, 0.5) is 0 Å². The van der Waals surface area contributed by atoms with Gasteiger partial charge in [0.1, 0.15) is 0 Å². The lowest BCUT2D eigenvalue weighted by molar-refractivity contribution is 0.123. The van der Waals surface area contributed by atoms with Crippen LogP contribution in [0, 0.1) is 28.6 Å². The van der Waals surface area contributed by atoms with E-state index in [-0.39, 0.29) is 0 Å². The van der Waals surface area contributed by atoms with E-state index in [0.29, 0.717) is 11.3 Å². The lowest BCUT2D eigenvalue weighted by Crippen LogP contribution is -2.32. The second-order valence-corrected chi connectivity index (χ2v) is 4.87. The van der Waals surface area contributed by atoms with Crippen LogP contribution in [-0.2, 0) is 0 Å². The van der Waals surface area contributed by atoms with Crippen LogP contribution >= 0.6 is 0 Å². The van der Waals surface area contributed by atoms with Gasteiger partial charge in [0, 0.05) is 6.08 Å². The quantitative estimate of drug-likeness (QED) is 0.562. The third-order valence-electron chi connectivity index (χ3n) is 3.37. The zero-order valence-electron chi connectivity index (χ0n) is 8.88. The summed E-state index contributed by atoms with van der Waals surface area (Å²) in [4.78, 5) is 0. The largest absolute Gasteiger partial charge is 0.193 e. The number of allylic oxidation sites excluding steroid dienone is 2.